The van der Waals surface area contributed by atoms with Gasteiger partial charge in [-0.05, 0) is 37.9 Å². The first-order valence-corrected chi connectivity index (χ1v) is 10.7. The van der Waals surface area contributed by atoms with E-state index >= 15 is 0 Å². The Labute approximate surface area is 164 Å². The summed E-state index contributed by atoms with van der Waals surface area (Å²) in [5, 5.41) is 0. The molecule has 27 heavy (non-hydrogen) atoms. The van der Waals surface area contributed by atoms with Crippen molar-refractivity contribution < 1.29 is 9.53 Å². The Bertz CT molecular complexity index is 504. The molecule has 1 aromatic rings. The number of rotatable bonds is 13. The molecule has 0 aliphatic carbocycles. The summed E-state index contributed by atoms with van der Waals surface area (Å²) in [6, 6.07) is 9.68. The smallest absolute Gasteiger partial charge is 0.253 e. The van der Waals surface area contributed by atoms with Crippen LogP contribution in [0.3, 0.4) is 0 Å². The molecular weight excluding hydrogens is 338 g/mol. The fourth-order valence-electron chi connectivity index (χ4n) is 3.54. The molecule has 5 heteroatoms. The maximum atomic E-state index is 12.9. The van der Waals surface area contributed by atoms with E-state index in [1.807, 2.05) is 30.3 Å². The molecule has 1 amide bonds. The molecule has 0 spiro atoms. The molecule has 1 fully saturated rings. The number of amides is 1. The second-order valence-corrected chi connectivity index (χ2v) is 7.38. The van der Waals surface area contributed by atoms with Crippen molar-refractivity contribution in [2.45, 2.75) is 44.9 Å². The monoisotopic (exact) mass is 375 g/mol. The predicted octanol–water partition coefficient (Wildman–Crippen LogP) is 3.15. The van der Waals surface area contributed by atoms with Gasteiger partial charge in [0, 0.05) is 38.3 Å². The number of carbonyl (C=O) groups is 1. The van der Waals surface area contributed by atoms with Crippen molar-refractivity contribution in [1.29, 1.82) is 0 Å². The van der Waals surface area contributed by atoms with E-state index in [1.165, 1.54) is 25.7 Å². The normalized spacial score (nSPS) is 15.0. The number of morpholine rings is 1. The van der Waals surface area contributed by atoms with Crippen molar-refractivity contribution in [3.8, 4) is 0 Å². The number of hydrogen-bond acceptors (Lipinski definition) is 4. The predicted molar refractivity (Wildman–Crippen MR) is 111 cm³/mol. The molecule has 1 aliphatic rings. The Morgan fingerprint density at radius 3 is 2.26 bits per heavy atom. The van der Waals surface area contributed by atoms with Gasteiger partial charge in [-0.15, -0.1) is 0 Å². The Morgan fingerprint density at radius 2 is 1.56 bits per heavy atom. The molecule has 0 radical (unpaired) electrons. The van der Waals surface area contributed by atoms with Gasteiger partial charge in [-0.2, -0.15) is 0 Å². The van der Waals surface area contributed by atoms with Crippen LogP contribution in [0, 0.1) is 0 Å². The van der Waals surface area contributed by atoms with Gasteiger partial charge in [0.25, 0.3) is 5.91 Å². The van der Waals surface area contributed by atoms with Gasteiger partial charge >= 0.3 is 0 Å². The van der Waals surface area contributed by atoms with E-state index in [-0.39, 0.29) is 5.91 Å². The molecule has 1 aliphatic heterocycles. The molecule has 1 heterocycles. The highest BCUT2D eigenvalue weighted by molar-refractivity contribution is 5.94. The van der Waals surface area contributed by atoms with Gasteiger partial charge in [0.05, 0.1) is 13.2 Å². The van der Waals surface area contributed by atoms with E-state index in [1.54, 1.807) is 0 Å². The number of ether oxygens (including phenoxy) is 1. The SMILES string of the molecule is NCCCCCCCCN(CCCN1CCOCC1)C(=O)c1ccccc1. The highest BCUT2D eigenvalue weighted by Gasteiger charge is 2.16. The van der Waals surface area contributed by atoms with Gasteiger partial charge < -0.3 is 15.4 Å². The van der Waals surface area contributed by atoms with E-state index in [0.29, 0.717) is 0 Å². The fourth-order valence-corrected chi connectivity index (χ4v) is 3.54. The number of nitrogens with two attached hydrogens (primary N) is 1. The zero-order chi connectivity index (χ0) is 19.2. The van der Waals surface area contributed by atoms with Crippen molar-refractivity contribution in [3.05, 3.63) is 35.9 Å². The van der Waals surface area contributed by atoms with E-state index < -0.39 is 0 Å². The molecule has 2 N–H and O–H groups in total. The van der Waals surface area contributed by atoms with Crippen LogP contribution in [0.2, 0.25) is 0 Å². The maximum Gasteiger partial charge on any atom is 0.253 e. The molecule has 152 valence electrons. The summed E-state index contributed by atoms with van der Waals surface area (Å²) >= 11 is 0. The third kappa shape index (κ3) is 8.87. The first-order chi connectivity index (χ1) is 13.3. The molecule has 5 nitrogen and oxygen atoms in total. The van der Waals surface area contributed by atoms with Crippen molar-refractivity contribution >= 4 is 5.91 Å². The van der Waals surface area contributed by atoms with Crippen LogP contribution in [0.1, 0.15) is 55.3 Å². The minimum Gasteiger partial charge on any atom is -0.379 e. The summed E-state index contributed by atoms with van der Waals surface area (Å²) in [5.41, 5.74) is 6.34. The van der Waals surface area contributed by atoms with Crippen LogP contribution >= 0.6 is 0 Å². The second kappa shape index (κ2) is 13.7. The number of unbranched alkanes of at least 4 members (excludes halogenated alkanes) is 5. The molecule has 0 unspecified atom stereocenters. The molecule has 2 rings (SSSR count). The lowest BCUT2D eigenvalue weighted by Gasteiger charge is -2.28. The molecule has 0 aromatic heterocycles. The Balaban J connectivity index is 1.76. The largest absolute Gasteiger partial charge is 0.379 e. The number of hydrogen-bond donors (Lipinski definition) is 1. The van der Waals surface area contributed by atoms with Crippen LogP contribution < -0.4 is 5.73 Å². The van der Waals surface area contributed by atoms with Gasteiger partial charge in [0.1, 0.15) is 0 Å². The van der Waals surface area contributed by atoms with E-state index in [2.05, 4.69) is 9.80 Å². The Morgan fingerprint density at radius 1 is 0.926 bits per heavy atom. The average Bonchev–Trinajstić information content (AvgIpc) is 2.72. The van der Waals surface area contributed by atoms with Crippen LogP contribution in [0.25, 0.3) is 0 Å². The highest BCUT2D eigenvalue weighted by Crippen LogP contribution is 2.10. The lowest BCUT2D eigenvalue weighted by atomic mass is 10.1. The summed E-state index contributed by atoms with van der Waals surface area (Å²) in [6.07, 6.45) is 8.13. The van der Waals surface area contributed by atoms with Gasteiger partial charge in [-0.25, -0.2) is 0 Å². The molecular formula is C22H37N3O2. The fraction of sp³-hybridized carbons (Fsp3) is 0.682. The number of carbonyl (C=O) groups excluding carboxylic acids is 1. The van der Waals surface area contributed by atoms with Gasteiger partial charge in [0.15, 0.2) is 0 Å². The topological polar surface area (TPSA) is 58.8 Å². The van der Waals surface area contributed by atoms with Crippen molar-refractivity contribution in [2.24, 2.45) is 5.73 Å². The third-order valence-electron chi connectivity index (χ3n) is 5.20. The van der Waals surface area contributed by atoms with Crippen molar-refractivity contribution in [1.82, 2.24) is 9.80 Å². The van der Waals surface area contributed by atoms with E-state index in [4.69, 9.17) is 10.5 Å². The summed E-state index contributed by atoms with van der Waals surface area (Å²) in [7, 11) is 0. The van der Waals surface area contributed by atoms with E-state index in [9.17, 15) is 4.79 Å². The van der Waals surface area contributed by atoms with Crippen LogP contribution in [0.4, 0.5) is 0 Å². The first-order valence-electron chi connectivity index (χ1n) is 10.7. The second-order valence-electron chi connectivity index (χ2n) is 7.38. The summed E-state index contributed by atoms with van der Waals surface area (Å²) in [4.78, 5) is 17.4. The van der Waals surface area contributed by atoms with Crippen LogP contribution in [-0.2, 0) is 4.74 Å². The average molecular weight is 376 g/mol. The molecule has 1 aromatic carbocycles. The first kappa shape index (κ1) is 21.9. The summed E-state index contributed by atoms with van der Waals surface area (Å²) < 4.78 is 5.41. The standard InChI is InChI=1S/C22H37N3O2/c23-13-8-3-1-2-4-9-15-25(22(26)21-11-6-5-7-12-21)16-10-14-24-17-19-27-20-18-24/h5-7,11-12H,1-4,8-10,13-20,23H2. The minimum absolute atomic E-state index is 0.167. The summed E-state index contributed by atoms with van der Waals surface area (Å²) in [6.45, 7) is 7.20. The zero-order valence-corrected chi connectivity index (χ0v) is 16.8. The quantitative estimate of drug-likeness (QED) is 0.538. The maximum absolute atomic E-state index is 12.9. The van der Waals surface area contributed by atoms with Gasteiger partial charge in [-0.1, -0.05) is 43.9 Å². The minimum atomic E-state index is 0.167. The molecule has 0 saturated carbocycles. The van der Waals surface area contributed by atoms with Crippen molar-refractivity contribution in [2.75, 3.05) is 52.5 Å². The van der Waals surface area contributed by atoms with Crippen LogP contribution in [-0.4, -0.2) is 68.2 Å². The molecule has 1 saturated heterocycles. The Hall–Kier alpha value is -1.43. The number of nitrogens with zero attached hydrogens (tertiary/aromatic N) is 2. The lowest BCUT2D eigenvalue weighted by Crippen LogP contribution is -2.39. The van der Waals surface area contributed by atoms with E-state index in [0.717, 1.165) is 77.3 Å². The molecule has 0 bridgehead atoms. The van der Waals surface area contributed by atoms with Crippen LogP contribution in [0.5, 0.6) is 0 Å². The number of benzene rings is 1. The van der Waals surface area contributed by atoms with Crippen LogP contribution in [0.15, 0.2) is 30.3 Å². The van der Waals surface area contributed by atoms with Crippen molar-refractivity contribution in [3.63, 3.8) is 0 Å². The zero-order valence-electron chi connectivity index (χ0n) is 16.8. The molecule has 0 atom stereocenters. The van der Waals surface area contributed by atoms with Gasteiger partial charge in [0.2, 0.25) is 0 Å². The highest BCUT2D eigenvalue weighted by atomic mass is 16.5. The van der Waals surface area contributed by atoms with Gasteiger partial charge in [-0.3, -0.25) is 9.69 Å². The Kier molecular flexibility index (Phi) is 11.1. The third-order valence-corrected chi connectivity index (χ3v) is 5.20. The summed E-state index contributed by atoms with van der Waals surface area (Å²) in [5.74, 6) is 0.167. The lowest BCUT2D eigenvalue weighted by molar-refractivity contribution is 0.0357.